The Morgan fingerprint density at radius 2 is 1.97 bits per heavy atom. The summed E-state index contributed by atoms with van der Waals surface area (Å²) in [6.45, 7) is 1.41. The third-order valence-corrected chi connectivity index (χ3v) is 5.25. The molecule has 0 spiro atoms. The predicted molar refractivity (Wildman–Crippen MR) is 124 cm³/mol. The number of nitriles is 1. The fraction of sp³-hybridized carbons (Fsp3) is 0.154. The quantitative estimate of drug-likeness (QED) is 0.459. The van der Waals surface area contributed by atoms with Gasteiger partial charge in [0.05, 0.1) is 23.4 Å². The van der Waals surface area contributed by atoms with Crippen LogP contribution in [0.25, 0.3) is 0 Å². The van der Waals surface area contributed by atoms with E-state index in [1.54, 1.807) is 18.3 Å². The van der Waals surface area contributed by atoms with E-state index < -0.39 is 0 Å². The van der Waals surface area contributed by atoms with E-state index in [9.17, 15) is 5.26 Å². The maximum absolute atomic E-state index is 9.32. The zero-order valence-corrected chi connectivity index (χ0v) is 18.2. The number of halogens is 1. The van der Waals surface area contributed by atoms with E-state index in [1.165, 1.54) is 0 Å². The molecule has 3 aromatic rings. The lowest BCUT2D eigenvalue weighted by molar-refractivity contribution is 0.200. The molecule has 0 fully saturated rings. The zero-order valence-electron chi connectivity index (χ0n) is 17.4. The molecule has 1 aliphatic heterocycles. The summed E-state index contributed by atoms with van der Waals surface area (Å²) in [6.07, 6.45) is 9.88. The van der Waals surface area contributed by atoms with Crippen molar-refractivity contribution in [3.63, 3.8) is 0 Å². The van der Waals surface area contributed by atoms with Crippen molar-refractivity contribution in [2.75, 3.05) is 6.61 Å². The lowest BCUT2D eigenvalue weighted by Gasteiger charge is -2.31. The lowest BCUT2D eigenvalue weighted by Crippen LogP contribution is -2.35. The summed E-state index contributed by atoms with van der Waals surface area (Å²) >= 11 is 6.06. The van der Waals surface area contributed by atoms with Crippen molar-refractivity contribution < 1.29 is 9.47 Å². The topological polar surface area (TPSA) is 58.4 Å². The maximum Gasteiger partial charge on any atom is 0.130 e. The molecule has 0 N–H and O–H groups in total. The van der Waals surface area contributed by atoms with E-state index in [0.717, 1.165) is 17.0 Å². The van der Waals surface area contributed by atoms with Crippen LogP contribution >= 0.6 is 11.6 Å². The molecule has 4 rings (SSSR count). The van der Waals surface area contributed by atoms with E-state index in [-0.39, 0.29) is 6.04 Å². The smallest absolute Gasteiger partial charge is 0.130 e. The molecule has 0 saturated carbocycles. The van der Waals surface area contributed by atoms with E-state index in [1.807, 2.05) is 66.9 Å². The highest BCUT2D eigenvalue weighted by Crippen LogP contribution is 2.26. The Morgan fingerprint density at radius 1 is 1.03 bits per heavy atom. The summed E-state index contributed by atoms with van der Waals surface area (Å²) < 4.78 is 12.0. The van der Waals surface area contributed by atoms with Crippen LogP contribution in [-0.4, -0.2) is 22.5 Å². The molecule has 1 aromatic heterocycles. The van der Waals surface area contributed by atoms with E-state index in [4.69, 9.17) is 21.1 Å². The minimum absolute atomic E-state index is 0.0401. The van der Waals surface area contributed by atoms with Crippen molar-refractivity contribution >= 4 is 11.6 Å². The minimum Gasteiger partial charge on any atom is -0.491 e. The van der Waals surface area contributed by atoms with Gasteiger partial charge in [-0.25, -0.2) is 0 Å². The summed E-state index contributed by atoms with van der Waals surface area (Å²) in [4.78, 5) is 6.49. The number of benzene rings is 2. The SMILES string of the molecule is N#Cc1ccc(CN2C=CC=CC2COc2cccc(Cl)c2)c(OCc2ccccn2)c1. The Hall–Kier alpha value is -3.75. The summed E-state index contributed by atoms with van der Waals surface area (Å²) in [5.74, 6) is 1.41. The molecule has 0 radical (unpaired) electrons. The summed E-state index contributed by atoms with van der Waals surface area (Å²) in [5.41, 5.74) is 2.36. The van der Waals surface area contributed by atoms with Crippen LogP contribution in [-0.2, 0) is 13.2 Å². The van der Waals surface area contributed by atoms with Crippen LogP contribution in [0.4, 0.5) is 0 Å². The number of nitrogens with zero attached hydrogens (tertiary/aromatic N) is 3. The van der Waals surface area contributed by atoms with E-state index in [2.05, 4.69) is 22.0 Å². The molecule has 2 heterocycles. The average molecular weight is 444 g/mol. The first kappa shape index (κ1) is 21.5. The predicted octanol–water partition coefficient (Wildman–Crippen LogP) is 5.52. The summed E-state index contributed by atoms with van der Waals surface area (Å²) in [7, 11) is 0. The van der Waals surface area contributed by atoms with Crippen LogP contribution < -0.4 is 9.47 Å². The van der Waals surface area contributed by atoms with Gasteiger partial charge >= 0.3 is 0 Å². The van der Waals surface area contributed by atoms with Gasteiger partial charge in [0, 0.05) is 29.5 Å². The molecule has 1 atom stereocenters. The molecular formula is C26H22ClN3O2. The average Bonchev–Trinajstić information content (AvgIpc) is 2.83. The second-order valence-corrected chi connectivity index (χ2v) is 7.71. The molecule has 2 aromatic carbocycles. The molecule has 0 amide bonds. The van der Waals surface area contributed by atoms with Crippen molar-refractivity contribution in [1.29, 1.82) is 5.26 Å². The van der Waals surface area contributed by atoms with Crippen molar-refractivity contribution in [3.05, 3.63) is 113 Å². The summed E-state index contributed by atoms with van der Waals surface area (Å²) in [6, 6.07) is 20.8. The van der Waals surface area contributed by atoms with Crippen LogP contribution in [0.2, 0.25) is 5.02 Å². The molecule has 32 heavy (non-hydrogen) atoms. The number of ether oxygens (including phenoxy) is 2. The third kappa shape index (κ3) is 5.69. The Balaban J connectivity index is 1.47. The van der Waals surface area contributed by atoms with E-state index in [0.29, 0.717) is 36.1 Å². The van der Waals surface area contributed by atoms with Gasteiger partial charge in [-0.15, -0.1) is 0 Å². The molecule has 160 valence electrons. The lowest BCUT2D eigenvalue weighted by atomic mass is 10.1. The fourth-order valence-electron chi connectivity index (χ4n) is 3.35. The van der Waals surface area contributed by atoms with Gasteiger partial charge in [0.25, 0.3) is 0 Å². The molecule has 1 aliphatic rings. The maximum atomic E-state index is 9.32. The molecule has 0 bridgehead atoms. The van der Waals surface area contributed by atoms with Crippen LogP contribution in [0.5, 0.6) is 11.5 Å². The van der Waals surface area contributed by atoms with Gasteiger partial charge in [0.15, 0.2) is 0 Å². The zero-order chi connectivity index (χ0) is 22.2. The molecule has 5 nitrogen and oxygen atoms in total. The standard InChI is InChI=1S/C26H22ClN3O2/c27-22-6-5-9-25(15-22)31-19-24-8-2-4-13-30(24)17-21-11-10-20(16-28)14-26(21)32-18-23-7-1-3-12-29-23/h1-15,24H,17-19H2. The van der Waals surface area contributed by atoms with Gasteiger partial charge in [-0.1, -0.05) is 42.0 Å². The largest absolute Gasteiger partial charge is 0.491 e. The Bertz CT molecular complexity index is 1160. The van der Waals surface area contributed by atoms with Crippen LogP contribution in [0.15, 0.2) is 91.3 Å². The van der Waals surface area contributed by atoms with Crippen molar-refractivity contribution in [3.8, 4) is 17.6 Å². The Morgan fingerprint density at radius 3 is 2.78 bits per heavy atom. The minimum atomic E-state index is 0.0401. The number of rotatable bonds is 8. The molecule has 0 aliphatic carbocycles. The number of allylic oxidation sites excluding steroid dienone is 2. The van der Waals surface area contributed by atoms with Crippen molar-refractivity contribution in [1.82, 2.24) is 9.88 Å². The van der Waals surface area contributed by atoms with E-state index >= 15 is 0 Å². The van der Waals surface area contributed by atoms with Crippen LogP contribution in [0.1, 0.15) is 16.8 Å². The number of aromatic nitrogens is 1. The van der Waals surface area contributed by atoms with Gasteiger partial charge in [0.1, 0.15) is 24.7 Å². The van der Waals surface area contributed by atoms with Crippen LogP contribution in [0, 0.1) is 11.3 Å². The highest BCUT2D eigenvalue weighted by Gasteiger charge is 2.18. The Labute approximate surface area is 192 Å². The van der Waals surface area contributed by atoms with Crippen molar-refractivity contribution in [2.45, 2.75) is 19.2 Å². The summed E-state index contributed by atoms with van der Waals surface area (Å²) in [5, 5.41) is 9.97. The number of pyridine rings is 1. The van der Waals surface area contributed by atoms with Crippen LogP contribution in [0.3, 0.4) is 0 Å². The molecular weight excluding hydrogens is 422 g/mol. The highest BCUT2D eigenvalue weighted by molar-refractivity contribution is 6.30. The first-order valence-corrected chi connectivity index (χ1v) is 10.6. The first-order chi connectivity index (χ1) is 15.7. The fourth-order valence-corrected chi connectivity index (χ4v) is 3.53. The van der Waals surface area contributed by atoms with Gasteiger partial charge < -0.3 is 14.4 Å². The molecule has 6 heteroatoms. The van der Waals surface area contributed by atoms with Gasteiger partial charge in [-0.2, -0.15) is 5.26 Å². The van der Waals surface area contributed by atoms with Gasteiger partial charge in [-0.05, 0) is 48.5 Å². The van der Waals surface area contributed by atoms with Crippen molar-refractivity contribution in [2.24, 2.45) is 0 Å². The number of hydrogen-bond acceptors (Lipinski definition) is 5. The second-order valence-electron chi connectivity index (χ2n) is 7.28. The monoisotopic (exact) mass is 443 g/mol. The third-order valence-electron chi connectivity index (χ3n) is 5.02. The normalized spacial score (nSPS) is 14.8. The first-order valence-electron chi connectivity index (χ1n) is 10.3. The molecule has 1 unspecified atom stereocenters. The highest BCUT2D eigenvalue weighted by atomic mass is 35.5. The number of hydrogen-bond donors (Lipinski definition) is 0. The molecule has 0 saturated heterocycles. The second kappa shape index (κ2) is 10.5. The van der Waals surface area contributed by atoms with Gasteiger partial charge in [-0.3, -0.25) is 4.98 Å². The Kier molecular flexibility index (Phi) is 7.06. The van der Waals surface area contributed by atoms with Gasteiger partial charge in [0.2, 0.25) is 0 Å².